The van der Waals surface area contributed by atoms with Gasteiger partial charge in [0, 0.05) is 32.7 Å². The molecule has 2 saturated heterocycles. The quantitative estimate of drug-likeness (QED) is 0.717. The van der Waals surface area contributed by atoms with E-state index in [1.165, 1.54) is 0 Å². The van der Waals surface area contributed by atoms with Crippen LogP contribution in [0, 0.1) is 17.2 Å². The van der Waals surface area contributed by atoms with Crippen LogP contribution in [0.5, 0.6) is 0 Å². The van der Waals surface area contributed by atoms with Crippen molar-refractivity contribution in [2.45, 2.75) is 32.4 Å². The summed E-state index contributed by atoms with van der Waals surface area (Å²) in [5.74, 6) is -1.64. The van der Waals surface area contributed by atoms with Gasteiger partial charge in [-0.25, -0.2) is 9.59 Å². The van der Waals surface area contributed by atoms with Crippen LogP contribution in [-0.4, -0.2) is 83.5 Å². The molecule has 1 N–H and O–H groups in total. The van der Waals surface area contributed by atoms with Crippen LogP contribution in [0.4, 0.5) is 4.79 Å². The van der Waals surface area contributed by atoms with Crippen molar-refractivity contribution in [3.8, 4) is 6.07 Å². The highest BCUT2D eigenvalue weighted by Gasteiger charge is 2.45. The summed E-state index contributed by atoms with van der Waals surface area (Å²) in [6, 6.07) is 0.662. The number of nitrogens with zero attached hydrogens (tertiary/aromatic N) is 4. The van der Waals surface area contributed by atoms with Crippen LogP contribution in [0.15, 0.2) is 0 Å². The van der Waals surface area contributed by atoms with Gasteiger partial charge in [-0.1, -0.05) is 0 Å². The lowest BCUT2D eigenvalue weighted by Crippen LogP contribution is -2.63. The first-order valence-corrected chi connectivity index (χ1v) is 9.22. The molecule has 0 aromatic rings. The number of aliphatic carboxylic acids is 1. The van der Waals surface area contributed by atoms with Gasteiger partial charge in [-0.15, -0.1) is 0 Å². The SMILES string of the molecule is CC(C)(C)OC(=O)N1CCN(S(=O)(=O)N2CC(C#N)C2)C[C@H]1C(=O)O. The monoisotopic (exact) mass is 374 g/mol. The number of carboxylic acid groups (broad SMARTS) is 1. The molecule has 0 unspecified atom stereocenters. The molecular weight excluding hydrogens is 352 g/mol. The van der Waals surface area contributed by atoms with Crippen molar-refractivity contribution in [2.75, 3.05) is 32.7 Å². The largest absolute Gasteiger partial charge is 0.480 e. The number of amides is 1. The molecule has 0 radical (unpaired) electrons. The van der Waals surface area contributed by atoms with Crippen molar-refractivity contribution in [2.24, 2.45) is 5.92 Å². The second kappa shape index (κ2) is 6.78. The fraction of sp³-hybridized carbons (Fsp3) is 0.786. The maximum atomic E-state index is 12.5. The molecule has 0 bridgehead atoms. The predicted octanol–water partition coefficient (Wildman–Crippen LogP) is -0.308. The van der Waals surface area contributed by atoms with Crippen molar-refractivity contribution < 1.29 is 27.9 Å². The third-order valence-corrected chi connectivity index (χ3v) is 5.87. The number of carboxylic acids is 1. The first-order chi connectivity index (χ1) is 11.5. The molecule has 2 fully saturated rings. The third kappa shape index (κ3) is 4.20. The van der Waals surface area contributed by atoms with Crippen molar-refractivity contribution in [1.82, 2.24) is 13.5 Å². The molecule has 0 aliphatic carbocycles. The van der Waals surface area contributed by atoms with Gasteiger partial charge in [0.05, 0.1) is 12.0 Å². The lowest BCUT2D eigenvalue weighted by Gasteiger charge is -2.43. The molecule has 2 rings (SSSR count). The van der Waals surface area contributed by atoms with E-state index in [9.17, 15) is 23.1 Å². The summed E-state index contributed by atoms with van der Waals surface area (Å²) in [5, 5.41) is 18.2. The number of hydrogen-bond donors (Lipinski definition) is 1. The molecule has 10 nitrogen and oxygen atoms in total. The van der Waals surface area contributed by atoms with Crippen molar-refractivity contribution in [1.29, 1.82) is 5.26 Å². The zero-order valence-electron chi connectivity index (χ0n) is 14.4. The average molecular weight is 374 g/mol. The average Bonchev–Trinajstić information content (AvgIpc) is 2.43. The molecule has 0 aromatic heterocycles. The highest BCUT2D eigenvalue weighted by Crippen LogP contribution is 2.24. The molecule has 0 saturated carbocycles. The smallest absolute Gasteiger partial charge is 0.411 e. The van der Waals surface area contributed by atoms with Crippen LogP contribution in [0.2, 0.25) is 0 Å². The van der Waals surface area contributed by atoms with Gasteiger partial charge < -0.3 is 9.84 Å². The summed E-state index contributed by atoms with van der Waals surface area (Å²) in [6.45, 7) is 4.72. The van der Waals surface area contributed by atoms with Gasteiger partial charge in [-0.3, -0.25) is 4.90 Å². The number of piperazine rings is 1. The molecule has 1 amide bonds. The van der Waals surface area contributed by atoms with Gasteiger partial charge in [0.1, 0.15) is 11.6 Å². The van der Waals surface area contributed by atoms with E-state index < -0.39 is 33.9 Å². The molecule has 0 spiro atoms. The molecule has 140 valence electrons. The number of rotatable bonds is 3. The van der Waals surface area contributed by atoms with Gasteiger partial charge >= 0.3 is 12.1 Å². The first kappa shape index (κ1) is 19.4. The molecule has 11 heteroatoms. The normalized spacial score (nSPS) is 23.6. The highest BCUT2D eigenvalue weighted by atomic mass is 32.2. The summed E-state index contributed by atoms with van der Waals surface area (Å²) >= 11 is 0. The maximum Gasteiger partial charge on any atom is 0.411 e. The molecule has 1 atom stereocenters. The van der Waals surface area contributed by atoms with Gasteiger partial charge in [0.25, 0.3) is 10.2 Å². The molecular formula is C14H22N4O6S. The second-order valence-electron chi connectivity index (χ2n) is 7.04. The van der Waals surface area contributed by atoms with E-state index in [1.54, 1.807) is 20.8 Å². The zero-order chi connectivity index (χ0) is 19.0. The summed E-state index contributed by atoms with van der Waals surface area (Å²) in [6.07, 6.45) is -0.787. The summed E-state index contributed by atoms with van der Waals surface area (Å²) in [4.78, 5) is 24.8. The minimum absolute atomic E-state index is 0.0287. The Bertz CT molecular complexity index is 689. The number of hydrogen-bond acceptors (Lipinski definition) is 6. The van der Waals surface area contributed by atoms with Gasteiger partial charge in [-0.2, -0.15) is 22.3 Å². The number of carbonyl (C=O) groups excluding carboxylic acids is 1. The van der Waals surface area contributed by atoms with Crippen molar-refractivity contribution in [3.05, 3.63) is 0 Å². The Balaban J connectivity index is 2.10. The van der Waals surface area contributed by atoms with Crippen LogP contribution >= 0.6 is 0 Å². The number of ether oxygens (including phenoxy) is 1. The van der Waals surface area contributed by atoms with Crippen LogP contribution in [-0.2, 0) is 19.7 Å². The van der Waals surface area contributed by atoms with Crippen molar-refractivity contribution >= 4 is 22.3 Å². The van der Waals surface area contributed by atoms with E-state index in [0.717, 1.165) is 13.5 Å². The van der Waals surface area contributed by atoms with E-state index in [0.29, 0.717) is 0 Å². The number of nitriles is 1. The predicted molar refractivity (Wildman–Crippen MR) is 85.5 cm³/mol. The lowest BCUT2D eigenvalue weighted by molar-refractivity contribution is -0.144. The summed E-state index contributed by atoms with van der Waals surface area (Å²) in [5.41, 5.74) is -0.784. The number of carbonyl (C=O) groups is 2. The van der Waals surface area contributed by atoms with E-state index in [4.69, 9.17) is 10.00 Å². The molecule has 25 heavy (non-hydrogen) atoms. The van der Waals surface area contributed by atoms with E-state index >= 15 is 0 Å². The fourth-order valence-corrected chi connectivity index (χ4v) is 4.29. The Morgan fingerprint density at radius 2 is 1.76 bits per heavy atom. The van der Waals surface area contributed by atoms with E-state index in [1.807, 2.05) is 6.07 Å². The van der Waals surface area contributed by atoms with Crippen LogP contribution in [0.25, 0.3) is 0 Å². The Hall–Kier alpha value is -1.90. The summed E-state index contributed by atoms with van der Waals surface area (Å²) < 4.78 is 32.4. The van der Waals surface area contributed by atoms with Gasteiger partial charge in [0.2, 0.25) is 0 Å². The molecule has 2 aliphatic heterocycles. The highest BCUT2D eigenvalue weighted by molar-refractivity contribution is 7.86. The zero-order valence-corrected chi connectivity index (χ0v) is 15.2. The molecule has 2 aliphatic rings. The standard InChI is InChI=1S/C14H22N4O6S/c1-14(2,3)24-13(21)18-5-4-16(9-11(18)12(19)20)25(22,23)17-7-10(6-15)8-17/h10-11H,4-5,7-9H2,1-3H3,(H,19,20)/t11-/m0/s1. The maximum absolute atomic E-state index is 12.5. The Morgan fingerprint density at radius 3 is 2.24 bits per heavy atom. The second-order valence-corrected chi connectivity index (χ2v) is 8.97. The lowest BCUT2D eigenvalue weighted by atomic mass is 10.1. The van der Waals surface area contributed by atoms with Crippen LogP contribution < -0.4 is 0 Å². The molecule has 2 heterocycles. The minimum Gasteiger partial charge on any atom is -0.480 e. The van der Waals surface area contributed by atoms with Gasteiger partial charge in [0.15, 0.2) is 0 Å². The van der Waals surface area contributed by atoms with Crippen LogP contribution in [0.1, 0.15) is 20.8 Å². The Labute approximate surface area is 146 Å². The van der Waals surface area contributed by atoms with E-state index in [-0.39, 0.29) is 38.6 Å². The minimum atomic E-state index is -3.85. The van der Waals surface area contributed by atoms with E-state index in [2.05, 4.69) is 0 Å². The Kier molecular flexibility index (Phi) is 5.27. The van der Waals surface area contributed by atoms with Crippen LogP contribution in [0.3, 0.4) is 0 Å². The molecule has 0 aromatic carbocycles. The topological polar surface area (TPSA) is 131 Å². The summed E-state index contributed by atoms with van der Waals surface area (Å²) in [7, 11) is -3.85. The fourth-order valence-electron chi connectivity index (χ4n) is 2.59. The van der Waals surface area contributed by atoms with Crippen molar-refractivity contribution in [3.63, 3.8) is 0 Å². The third-order valence-electron chi connectivity index (χ3n) is 3.94. The Morgan fingerprint density at radius 1 is 1.16 bits per heavy atom. The van der Waals surface area contributed by atoms with Gasteiger partial charge in [-0.05, 0) is 20.8 Å². The first-order valence-electron chi connectivity index (χ1n) is 7.83.